The molecule has 6 nitrogen and oxygen atoms in total. The SMILES string of the molecule is NCCNS(=O)(=O)c1c(Cl)nc2sccn12. The van der Waals surface area contributed by atoms with E-state index in [-0.39, 0.29) is 23.3 Å². The second-order valence-corrected chi connectivity index (χ2v) is 5.86. The molecule has 3 N–H and O–H groups in total. The number of aromatic nitrogens is 2. The van der Waals surface area contributed by atoms with Gasteiger partial charge in [-0.25, -0.2) is 18.1 Å². The lowest BCUT2D eigenvalue weighted by Gasteiger charge is -2.04. The quantitative estimate of drug-likeness (QED) is 0.842. The van der Waals surface area contributed by atoms with Gasteiger partial charge in [0.1, 0.15) is 0 Å². The number of halogens is 1. The standard InChI is InChI=1S/C7H9ClN4O2S2/c8-5-6(16(13,14)10-2-1-9)12-3-4-15-7(12)11-5/h3-4,10H,1-2,9H2. The molecule has 0 saturated heterocycles. The van der Waals surface area contributed by atoms with E-state index in [1.54, 1.807) is 11.6 Å². The Bertz CT molecular complexity index is 603. The third-order valence-corrected chi connectivity index (χ3v) is 4.48. The molecule has 0 aliphatic heterocycles. The van der Waals surface area contributed by atoms with Gasteiger partial charge in [0, 0.05) is 24.7 Å². The van der Waals surface area contributed by atoms with E-state index in [0.29, 0.717) is 4.96 Å². The third kappa shape index (κ3) is 1.94. The van der Waals surface area contributed by atoms with Crippen molar-refractivity contribution in [3.63, 3.8) is 0 Å². The summed E-state index contributed by atoms with van der Waals surface area (Å²) in [6.45, 7) is 0.387. The molecule has 0 saturated carbocycles. The average Bonchev–Trinajstić information content (AvgIpc) is 2.73. The topological polar surface area (TPSA) is 89.5 Å². The van der Waals surface area contributed by atoms with Gasteiger partial charge in [-0.15, -0.1) is 11.3 Å². The van der Waals surface area contributed by atoms with Crippen LogP contribution in [0.1, 0.15) is 0 Å². The Balaban J connectivity index is 2.53. The fourth-order valence-corrected chi connectivity index (χ4v) is 3.74. The first kappa shape index (κ1) is 11.8. The van der Waals surface area contributed by atoms with Gasteiger partial charge in [-0.05, 0) is 0 Å². The Hall–Kier alpha value is -0.670. The van der Waals surface area contributed by atoms with Crippen molar-refractivity contribution in [3.8, 4) is 0 Å². The first-order valence-corrected chi connectivity index (χ1v) is 7.11. The van der Waals surface area contributed by atoms with E-state index >= 15 is 0 Å². The number of sulfonamides is 1. The predicted molar refractivity (Wildman–Crippen MR) is 62.3 cm³/mol. The van der Waals surface area contributed by atoms with Gasteiger partial charge in [0.15, 0.2) is 15.1 Å². The summed E-state index contributed by atoms with van der Waals surface area (Å²) in [5.41, 5.74) is 5.24. The molecule has 0 amide bonds. The van der Waals surface area contributed by atoms with E-state index in [9.17, 15) is 8.42 Å². The average molecular weight is 281 g/mol. The Kier molecular flexibility index (Phi) is 3.17. The predicted octanol–water partition coefficient (Wildman–Crippen LogP) is 0.286. The molecule has 16 heavy (non-hydrogen) atoms. The molecule has 2 rings (SSSR count). The highest BCUT2D eigenvalue weighted by Crippen LogP contribution is 2.24. The molecule has 0 radical (unpaired) electrons. The summed E-state index contributed by atoms with van der Waals surface area (Å²) in [6.07, 6.45) is 1.61. The van der Waals surface area contributed by atoms with Gasteiger partial charge in [-0.3, -0.25) is 4.40 Å². The number of rotatable bonds is 4. The number of hydrogen-bond donors (Lipinski definition) is 2. The zero-order valence-electron chi connectivity index (χ0n) is 8.05. The summed E-state index contributed by atoms with van der Waals surface area (Å²) in [4.78, 5) is 4.48. The first-order valence-electron chi connectivity index (χ1n) is 4.37. The Morgan fingerprint density at radius 2 is 2.38 bits per heavy atom. The number of nitrogens with zero attached hydrogens (tertiary/aromatic N) is 2. The van der Waals surface area contributed by atoms with Gasteiger partial charge < -0.3 is 5.73 Å². The Morgan fingerprint density at radius 3 is 3.06 bits per heavy atom. The van der Waals surface area contributed by atoms with E-state index in [0.717, 1.165) is 0 Å². The number of fused-ring (bicyclic) bond motifs is 1. The van der Waals surface area contributed by atoms with Crippen molar-refractivity contribution in [2.24, 2.45) is 5.73 Å². The smallest absolute Gasteiger partial charge is 0.259 e. The van der Waals surface area contributed by atoms with E-state index < -0.39 is 10.0 Å². The van der Waals surface area contributed by atoms with Crippen molar-refractivity contribution in [2.45, 2.75) is 5.03 Å². The molecule has 9 heteroatoms. The molecular weight excluding hydrogens is 272 g/mol. The second kappa shape index (κ2) is 4.30. The highest BCUT2D eigenvalue weighted by Gasteiger charge is 2.24. The monoisotopic (exact) mass is 280 g/mol. The van der Waals surface area contributed by atoms with Crippen molar-refractivity contribution < 1.29 is 8.42 Å². The van der Waals surface area contributed by atoms with Crippen molar-refractivity contribution >= 4 is 37.9 Å². The summed E-state index contributed by atoms with van der Waals surface area (Å²) in [6, 6.07) is 0. The minimum Gasteiger partial charge on any atom is -0.329 e. The van der Waals surface area contributed by atoms with Gasteiger partial charge in [0.05, 0.1) is 0 Å². The maximum absolute atomic E-state index is 11.9. The summed E-state index contributed by atoms with van der Waals surface area (Å²) < 4.78 is 27.5. The summed E-state index contributed by atoms with van der Waals surface area (Å²) >= 11 is 7.11. The number of imidazole rings is 1. The molecule has 0 atom stereocenters. The van der Waals surface area contributed by atoms with E-state index in [1.165, 1.54) is 15.7 Å². The van der Waals surface area contributed by atoms with Crippen LogP contribution in [-0.2, 0) is 10.0 Å². The van der Waals surface area contributed by atoms with Gasteiger partial charge in [0.2, 0.25) is 0 Å². The molecule has 0 bridgehead atoms. The normalized spacial score (nSPS) is 12.4. The highest BCUT2D eigenvalue weighted by atomic mass is 35.5. The van der Waals surface area contributed by atoms with Crippen LogP contribution in [0.2, 0.25) is 5.15 Å². The maximum Gasteiger partial charge on any atom is 0.259 e. The number of nitrogens with two attached hydrogens (primary N) is 1. The molecule has 0 fully saturated rings. The molecule has 0 aliphatic carbocycles. The first-order chi connectivity index (χ1) is 7.56. The van der Waals surface area contributed by atoms with Crippen molar-refractivity contribution in [1.82, 2.24) is 14.1 Å². The van der Waals surface area contributed by atoms with Crippen LogP contribution < -0.4 is 10.5 Å². The summed E-state index contributed by atoms with van der Waals surface area (Å²) in [7, 11) is -3.66. The Morgan fingerprint density at radius 1 is 1.62 bits per heavy atom. The molecule has 0 unspecified atom stereocenters. The van der Waals surface area contributed by atoms with Crippen LogP contribution in [-0.4, -0.2) is 30.9 Å². The van der Waals surface area contributed by atoms with Crippen molar-refractivity contribution in [3.05, 3.63) is 16.7 Å². The van der Waals surface area contributed by atoms with E-state index in [2.05, 4.69) is 9.71 Å². The molecule has 88 valence electrons. The molecule has 0 aromatic carbocycles. The van der Waals surface area contributed by atoms with Crippen LogP contribution in [0.5, 0.6) is 0 Å². The van der Waals surface area contributed by atoms with Crippen LogP contribution in [0.15, 0.2) is 16.6 Å². The zero-order chi connectivity index (χ0) is 11.8. The minimum atomic E-state index is -3.66. The number of nitrogens with one attached hydrogen (secondary N) is 1. The van der Waals surface area contributed by atoms with E-state index in [1.807, 2.05) is 0 Å². The summed E-state index contributed by atoms with van der Waals surface area (Å²) in [5, 5.41) is 1.66. The number of hydrogen-bond acceptors (Lipinski definition) is 5. The lowest BCUT2D eigenvalue weighted by Crippen LogP contribution is -2.30. The van der Waals surface area contributed by atoms with Crippen LogP contribution in [0, 0.1) is 0 Å². The lowest BCUT2D eigenvalue weighted by atomic mass is 10.7. The van der Waals surface area contributed by atoms with Gasteiger partial charge in [-0.1, -0.05) is 11.6 Å². The highest BCUT2D eigenvalue weighted by molar-refractivity contribution is 7.89. The van der Waals surface area contributed by atoms with Crippen LogP contribution in [0.4, 0.5) is 0 Å². The number of thiazole rings is 1. The van der Waals surface area contributed by atoms with Crippen LogP contribution >= 0.6 is 22.9 Å². The lowest BCUT2D eigenvalue weighted by molar-refractivity contribution is 0.577. The molecule has 2 heterocycles. The fourth-order valence-electron chi connectivity index (χ4n) is 1.24. The van der Waals surface area contributed by atoms with E-state index in [4.69, 9.17) is 17.3 Å². The molecule has 2 aromatic heterocycles. The van der Waals surface area contributed by atoms with Crippen molar-refractivity contribution in [2.75, 3.05) is 13.1 Å². The molecule has 0 spiro atoms. The fraction of sp³-hybridized carbons (Fsp3) is 0.286. The summed E-state index contributed by atoms with van der Waals surface area (Å²) in [5.74, 6) is 0. The molecule has 0 aliphatic rings. The second-order valence-electron chi connectivity index (χ2n) is 2.95. The third-order valence-electron chi connectivity index (χ3n) is 1.87. The Labute approximate surface area is 101 Å². The molecule has 2 aromatic rings. The van der Waals surface area contributed by atoms with Crippen molar-refractivity contribution in [1.29, 1.82) is 0 Å². The maximum atomic E-state index is 11.9. The van der Waals surface area contributed by atoms with Gasteiger partial charge in [0.25, 0.3) is 10.0 Å². The van der Waals surface area contributed by atoms with Crippen LogP contribution in [0.3, 0.4) is 0 Å². The largest absolute Gasteiger partial charge is 0.329 e. The minimum absolute atomic E-state index is 0.0311. The van der Waals surface area contributed by atoms with Crippen LogP contribution in [0.25, 0.3) is 4.96 Å². The molecular formula is C7H9ClN4O2S2. The van der Waals surface area contributed by atoms with Gasteiger partial charge >= 0.3 is 0 Å². The zero-order valence-corrected chi connectivity index (χ0v) is 10.4. The van der Waals surface area contributed by atoms with Gasteiger partial charge in [-0.2, -0.15) is 0 Å².